The fourth-order valence-corrected chi connectivity index (χ4v) is 1.78. The summed E-state index contributed by atoms with van der Waals surface area (Å²) in [5, 5.41) is 10.6. The highest BCUT2D eigenvalue weighted by Crippen LogP contribution is 2.17. The van der Waals surface area contributed by atoms with Gasteiger partial charge in [0.05, 0.1) is 12.7 Å². The summed E-state index contributed by atoms with van der Waals surface area (Å²) in [6, 6.07) is 1.96. The third-order valence-electron chi connectivity index (χ3n) is 2.12. The largest absolute Gasteiger partial charge is 0.384 e. The molecule has 3 heteroatoms. The molecule has 0 bridgehead atoms. The molecule has 1 unspecified atom stereocenters. The summed E-state index contributed by atoms with van der Waals surface area (Å²) < 4.78 is 5.64. The SMILES string of the molecule is CCC(C)OCc1sccc1C#CCO. The number of aliphatic hydroxyl groups is 1. The van der Waals surface area contributed by atoms with Crippen LogP contribution in [0.15, 0.2) is 11.4 Å². The average Bonchev–Trinajstić information content (AvgIpc) is 2.70. The first-order valence-electron chi connectivity index (χ1n) is 5.05. The molecule has 0 aliphatic heterocycles. The van der Waals surface area contributed by atoms with E-state index in [0.29, 0.717) is 6.61 Å². The van der Waals surface area contributed by atoms with Crippen molar-refractivity contribution in [3.63, 3.8) is 0 Å². The summed E-state index contributed by atoms with van der Waals surface area (Å²) in [5.41, 5.74) is 0.970. The second-order valence-electron chi connectivity index (χ2n) is 3.25. The molecular weight excluding hydrogens is 208 g/mol. The van der Waals surface area contributed by atoms with Crippen LogP contribution in [0.25, 0.3) is 0 Å². The average molecular weight is 224 g/mol. The van der Waals surface area contributed by atoms with Crippen LogP contribution >= 0.6 is 11.3 Å². The first-order valence-corrected chi connectivity index (χ1v) is 5.93. The normalized spacial score (nSPS) is 11.9. The summed E-state index contributed by atoms with van der Waals surface area (Å²) >= 11 is 1.64. The summed E-state index contributed by atoms with van der Waals surface area (Å²) in [5.74, 6) is 5.56. The van der Waals surface area contributed by atoms with Gasteiger partial charge in [-0.05, 0) is 24.8 Å². The lowest BCUT2D eigenvalue weighted by atomic mass is 10.2. The molecule has 0 aromatic carbocycles. The first-order chi connectivity index (χ1) is 7.27. The van der Waals surface area contributed by atoms with Crippen molar-refractivity contribution in [1.29, 1.82) is 0 Å². The number of rotatable bonds is 4. The Labute approximate surface area is 94.9 Å². The molecule has 0 fully saturated rings. The van der Waals surface area contributed by atoms with Crippen molar-refractivity contribution in [2.24, 2.45) is 0 Å². The Balaban J connectivity index is 2.57. The second kappa shape index (κ2) is 6.62. The Bertz CT molecular complexity index is 346. The van der Waals surface area contributed by atoms with E-state index in [1.165, 1.54) is 0 Å². The van der Waals surface area contributed by atoms with Crippen molar-refractivity contribution in [3.05, 3.63) is 21.9 Å². The van der Waals surface area contributed by atoms with Gasteiger partial charge in [0.2, 0.25) is 0 Å². The molecule has 1 N–H and O–H groups in total. The van der Waals surface area contributed by atoms with Gasteiger partial charge in [0.1, 0.15) is 6.61 Å². The third kappa shape index (κ3) is 4.05. The summed E-state index contributed by atoms with van der Waals surface area (Å²) in [6.07, 6.45) is 1.30. The van der Waals surface area contributed by atoms with Crippen molar-refractivity contribution in [2.45, 2.75) is 33.0 Å². The zero-order valence-corrected chi connectivity index (χ0v) is 9.93. The fraction of sp³-hybridized carbons (Fsp3) is 0.500. The molecule has 0 spiro atoms. The maximum Gasteiger partial charge on any atom is 0.104 e. The van der Waals surface area contributed by atoms with Crippen LogP contribution in [-0.4, -0.2) is 17.8 Å². The third-order valence-corrected chi connectivity index (χ3v) is 3.02. The van der Waals surface area contributed by atoms with Crippen molar-refractivity contribution < 1.29 is 9.84 Å². The van der Waals surface area contributed by atoms with Crippen molar-refractivity contribution in [2.75, 3.05) is 6.61 Å². The van der Waals surface area contributed by atoms with Crippen LogP contribution in [0.3, 0.4) is 0 Å². The molecule has 0 radical (unpaired) electrons. The zero-order valence-electron chi connectivity index (χ0n) is 9.12. The maximum absolute atomic E-state index is 8.61. The molecule has 0 saturated heterocycles. The van der Waals surface area contributed by atoms with Gasteiger partial charge in [0.25, 0.3) is 0 Å². The van der Waals surface area contributed by atoms with Crippen LogP contribution < -0.4 is 0 Å². The number of hydrogen-bond donors (Lipinski definition) is 1. The van der Waals surface area contributed by atoms with Crippen LogP contribution in [0, 0.1) is 11.8 Å². The van der Waals surface area contributed by atoms with Crippen molar-refractivity contribution in [1.82, 2.24) is 0 Å². The van der Waals surface area contributed by atoms with Gasteiger partial charge >= 0.3 is 0 Å². The standard InChI is InChI=1S/C12H16O2S/c1-3-10(2)14-9-12-11(5-4-7-13)6-8-15-12/h6,8,10,13H,3,7,9H2,1-2H3. The molecule has 0 saturated carbocycles. The highest BCUT2D eigenvalue weighted by Gasteiger charge is 2.04. The molecule has 1 aromatic rings. The molecule has 1 rings (SSSR count). The highest BCUT2D eigenvalue weighted by molar-refractivity contribution is 7.10. The van der Waals surface area contributed by atoms with Crippen LogP contribution in [0.4, 0.5) is 0 Å². The van der Waals surface area contributed by atoms with Crippen LogP contribution in [0.2, 0.25) is 0 Å². The lowest BCUT2D eigenvalue weighted by Gasteiger charge is -2.09. The fourth-order valence-electron chi connectivity index (χ4n) is 1.03. The van der Waals surface area contributed by atoms with Gasteiger partial charge in [0.15, 0.2) is 0 Å². The van der Waals surface area contributed by atoms with Gasteiger partial charge < -0.3 is 9.84 Å². The number of hydrogen-bond acceptors (Lipinski definition) is 3. The summed E-state index contributed by atoms with van der Waals surface area (Å²) in [7, 11) is 0. The van der Waals surface area contributed by atoms with E-state index in [2.05, 4.69) is 25.7 Å². The topological polar surface area (TPSA) is 29.5 Å². The van der Waals surface area contributed by atoms with Gasteiger partial charge in [-0.2, -0.15) is 0 Å². The van der Waals surface area contributed by atoms with Gasteiger partial charge in [-0.1, -0.05) is 18.8 Å². The molecule has 1 atom stereocenters. The second-order valence-corrected chi connectivity index (χ2v) is 4.25. The van der Waals surface area contributed by atoms with Crippen LogP contribution in [0.1, 0.15) is 30.7 Å². The molecule has 15 heavy (non-hydrogen) atoms. The van der Waals surface area contributed by atoms with E-state index in [1.54, 1.807) is 11.3 Å². The predicted octanol–water partition coefficient (Wildman–Crippen LogP) is 2.41. The van der Waals surface area contributed by atoms with Gasteiger partial charge in [-0.15, -0.1) is 11.3 Å². The van der Waals surface area contributed by atoms with E-state index in [4.69, 9.17) is 9.84 Å². The predicted molar refractivity (Wildman–Crippen MR) is 62.8 cm³/mol. The first kappa shape index (κ1) is 12.3. The lowest BCUT2D eigenvalue weighted by Crippen LogP contribution is -2.05. The Morgan fingerprint density at radius 1 is 1.60 bits per heavy atom. The van der Waals surface area contributed by atoms with E-state index < -0.39 is 0 Å². The number of thiophene rings is 1. The van der Waals surface area contributed by atoms with Crippen LogP contribution in [0.5, 0.6) is 0 Å². The van der Waals surface area contributed by atoms with E-state index >= 15 is 0 Å². The van der Waals surface area contributed by atoms with E-state index in [-0.39, 0.29) is 12.7 Å². The molecule has 82 valence electrons. The molecule has 1 heterocycles. The van der Waals surface area contributed by atoms with E-state index in [9.17, 15) is 0 Å². The zero-order chi connectivity index (χ0) is 11.1. The highest BCUT2D eigenvalue weighted by atomic mass is 32.1. The number of aliphatic hydroxyl groups excluding tert-OH is 1. The van der Waals surface area contributed by atoms with E-state index in [0.717, 1.165) is 16.9 Å². The number of ether oxygens (including phenoxy) is 1. The quantitative estimate of drug-likeness (QED) is 0.796. The molecule has 0 aliphatic carbocycles. The minimum Gasteiger partial charge on any atom is -0.384 e. The van der Waals surface area contributed by atoms with E-state index in [1.807, 2.05) is 11.4 Å². The Morgan fingerprint density at radius 2 is 2.40 bits per heavy atom. The molecule has 0 amide bonds. The molecular formula is C12H16O2S. The molecule has 1 aromatic heterocycles. The monoisotopic (exact) mass is 224 g/mol. The maximum atomic E-state index is 8.61. The van der Waals surface area contributed by atoms with Crippen LogP contribution in [-0.2, 0) is 11.3 Å². The Hall–Kier alpha value is -0.820. The smallest absolute Gasteiger partial charge is 0.104 e. The Kier molecular flexibility index (Phi) is 5.41. The minimum atomic E-state index is -0.0957. The summed E-state index contributed by atoms with van der Waals surface area (Å²) in [6.45, 7) is 4.68. The van der Waals surface area contributed by atoms with Gasteiger partial charge in [-0.25, -0.2) is 0 Å². The van der Waals surface area contributed by atoms with Gasteiger partial charge in [-0.3, -0.25) is 0 Å². The van der Waals surface area contributed by atoms with Crippen molar-refractivity contribution >= 4 is 11.3 Å². The summed E-state index contributed by atoms with van der Waals surface area (Å²) in [4.78, 5) is 1.14. The molecule has 2 nitrogen and oxygen atoms in total. The van der Waals surface area contributed by atoms with Gasteiger partial charge in [0, 0.05) is 10.4 Å². The molecule has 0 aliphatic rings. The van der Waals surface area contributed by atoms with Crippen molar-refractivity contribution in [3.8, 4) is 11.8 Å². The Morgan fingerprint density at radius 3 is 3.07 bits per heavy atom. The lowest BCUT2D eigenvalue weighted by molar-refractivity contribution is 0.0524. The minimum absolute atomic E-state index is 0.0957.